The van der Waals surface area contributed by atoms with Crippen LogP contribution in [0.4, 0.5) is 10.5 Å². The van der Waals surface area contributed by atoms with E-state index in [1.807, 2.05) is 42.5 Å². The zero-order chi connectivity index (χ0) is 22.3. The van der Waals surface area contributed by atoms with Crippen molar-refractivity contribution in [1.82, 2.24) is 5.32 Å². The first kappa shape index (κ1) is 21.4. The summed E-state index contributed by atoms with van der Waals surface area (Å²) >= 11 is 0. The van der Waals surface area contributed by atoms with Gasteiger partial charge in [0.1, 0.15) is 11.5 Å². The summed E-state index contributed by atoms with van der Waals surface area (Å²) in [6.07, 6.45) is 1.30. The molecule has 4 rings (SSSR count). The van der Waals surface area contributed by atoms with Crippen molar-refractivity contribution >= 4 is 11.7 Å². The second kappa shape index (κ2) is 9.96. The molecule has 0 radical (unpaired) electrons. The van der Waals surface area contributed by atoms with Gasteiger partial charge < -0.3 is 29.6 Å². The Morgan fingerprint density at radius 3 is 2.12 bits per heavy atom. The number of methoxy groups -OCH3 is 2. The van der Waals surface area contributed by atoms with Gasteiger partial charge in [0.25, 0.3) is 0 Å². The van der Waals surface area contributed by atoms with E-state index in [0.717, 1.165) is 34.1 Å². The summed E-state index contributed by atoms with van der Waals surface area (Å²) in [6.45, 7) is 0.233. The molecule has 3 aromatic rings. The van der Waals surface area contributed by atoms with Gasteiger partial charge in [-0.1, -0.05) is 18.2 Å². The SMILES string of the molecule is COc1ccc(CC(Cc2ccc3c(c2)OCO3)NC(=O)Nc2ccc(OC)cc2)cc1. The highest BCUT2D eigenvalue weighted by atomic mass is 16.7. The van der Waals surface area contributed by atoms with E-state index in [9.17, 15) is 4.79 Å². The van der Waals surface area contributed by atoms with Crippen molar-refractivity contribution in [2.24, 2.45) is 0 Å². The number of amides is 2. The molecular formula is C25H26N2O5. The normalized spacial score (nSPS) is 12.7. The number of hydrogen-bond donors (Lipinski definition) is 2. The molecule has 0 fully saturated rings. The van der Waals surface area contributed by atoms with Gasteiger partial charge in [0.15, 0.2) is 11.5 Å². The minimum absolute atomic E-state index is 0.137. The molecule has 2 N–H and O–H groups in total. The molecule has 1 heterocycles. The average molecular weight is 434 g/mol. The van der Waals surface area contributed by atoms with Crippen molar-refractivity contribution in [3.63, 3.8) is 0 Å². The molecule has 1 atom stereocenters. The number of nitrogens with one attached hydrogen (secondary N) is 2. The Labute approximate surface area is 187 Å². The van der Waals surface area contributed by atoms with E-state index >= 15 is 0 Å². The summed E-state index contributed by atoms with van der Waals surface area (Å²) in [5, 5.41) is 5.99. The molecule has 2 amide bonds. The standard InChI is InChI=1S/C25H26N2O5/c1-29-21-8-3-17(4-9-21)13-20(14-18-5-12-23-24(15-18)32-16-31-23)27-25(28)26-19-6-10-22(30-2)11-7-19/h3-12,15,20H,13-14,16H2,1-2H3,(H2,26,27,28). The summed E-state index contributed by atoms with van der Waals surface area (Å²) in [5.74, 6) is 3.00. The molecule has 0 spiro atoms. The minimum atomic E-state index is -0.269. The molecule has 32 heavy (non-hydrogen) atoms. The topological polar surface area (TPSA) is 78.0 Å². The number of hydrogen-bond acceptors (Lipinski definition) is 5. The molecule has 1 aliphatic rings. The Morgan fingerprint density at radius 1 is 0.844 bits per heavy atom. The van der Waals surface area contributed by atoms with Crippen molar-refractivity contribution in [2.45, 2.75) is 18.9 Å². The highest BCUT2D eigenvalue weighted by Crippen LogP contribution is 2.33. The molecule has 3 aromatic carbocycles. The lowest BCUT2D eigenvalue weighted by Gasteiger charge is -2.20. The number of fused-ring (bicyclic) bond motifs is 1. The smallest absolute Gasteiger partial charge is 0.319 e. The van der Waals surface area contributed by atoms with E-state index < -0.39 is 0 Å². The summed E-state index contributed by atoms with van der Waals surface area (Å²) in [5.41, 5.74) is 2.84. The van der Waals surface area contributed by atoms with E-state index in [1.165, 1.54) is 0 Å². The maximum atomic E-state index is 12.7. The monoisotopic (exact) mass is 434 g/mol. The summed E-state index contributed by atoms with van der Waals surface area (Å²) in [4.78, 5) is 12.7. The summed E-state index contributed by atoms with van der Waals surface area (Å²) < 4.78 is 21.3. The van der Waals surface area contributed by atoms with Gasteiger partial charge in [0.05, 0.1) is 14.2 Å². The van der Waals surface area contributed by atoms with Crippen LogP contribution in [0, 0.1) is 0 Å². The number of benzene rings is 3. The van der Waals surface area contributed by atoms with Crippen LogP contribution in [-0.2, 0) is 12.8 Å². The van der Waals surface area contributed by atoms with E-state index in [-0.39, 0.29) is 18.9 Å². The van der Waals surface area contributed by atoms with Crippen LogP contribution in [0.1, 0.15) is 11.1 Å². The number of ether oxygens (including phenoxy) is 4. The predicted molar refractivity (Wildman–Crippen MR) is 122 cm³/mol. The number of urea groups is 1. The molecular weight excluding hydrogens is 408 g/mol. The summed E-state index contributed by atoms with van der Waals surface area (Å²) in [7, 11) is 3.25. The molecule has 1 unspecified atom stereocenters. The molecule has 0 saturated carbocycles. The predicted octanol–water partition coefficient (Wildman–Crippen LogP) is 4.41. The second-order valence-electron chi connectivity index (χ2n) is 7.47. The third-order valence-corrected chi connectivity index (χ3v) is 5.24. The van der Waals surface area contributed by atoms with Crippen molar-refractivity contribution in [1.29, 1.82) is 0 Å². The van der Waals surface area contributed by atoms with Crippen molar-refractivity contribution in [3.8, 4) is 23.0 Å². The van der Waals surface area contributed by atoms with E-state index in [2.05, 4.69) is 10.6 Å². The molecule has 0 bridgehead atoms. The molecule has 7 heteroatoms. The van der Waals surface area contributed by atoms with Gasteiger partial charge in [-0.3, -0.25) is 0 Å². The van der Waals surface area contributed by atoms with Crippen LogP contribution in [0.25, 0.3) is 0 Å². The largest absolute Gasteiger partial charge is 0.497 e. The second-order valence-corrected chi connectivity index (χ2v) is 7.47. The van der Waals surface area contributed by atoms with Crippen LogP contribution in [0.5, 0.6) is 23.0 Å². The van der Waals surface area contributed by atoms with E-state index in [4.69, 9.17) is 18.9 Å². The number of anilines is 1. The molecule has 1 aliphatic heterocycles. The zero-order valence-corrected chi connectivity index (χ0v) is 18.1. The first-order valence-corrected chi connectivity index (χ1v) is 10.4. The van der Waals surface area contributed by atoms with Gasteiger partial charge >= 0.3 is 6.03 Å². The highest BCUT2D eigenvalue weighted by Gasteiger charge is 2.18. The van der Waals surface area contributed by atoms with Crippen LogP contribution in [-0.4, -0.2) is 33.1 Å². The fourth-order valence-electron chi connectivity index (χ4n) is 3.60. The summed E-state index contributed by atoms with van der Waals surface area (Å²) in [6, 6.07) is 20.5. The van der Waals surface area contributed by atoms with Crippen molar-refractivity contribution in [3.05, 3.63) is 77.9 Å². The van der Waals surface area contributed by atoms with Gasteiger partial charge in [0.2, 0.25) is 6.79 Å². The molecule has 166 valence electrons. The van der Waals surface area contributed by atoms with Crippen molar-refractivity contribution in [2.75, 3.05) is 26.3 Å². The minimum Gasteiger partial charge on any atom is -0.497 e. The average Bonchev–Trinajstić information content (AvgIpc) is 3.28. The molecule has 0 saturated heterocycles. The lowest BCUT2D eigenvalue weighted by atomic mass is 9.98. The van der Waals surface area contributed by atoms with Crippen molar-refractivity contribution < 1.29 is 23.7 Å². The van der Waals surface area contributed by atoms with E-state index in [1.54, 1.807) is 38.5 Å². The van der Waals surface area contributed by atoms with Crippen LogP contribution >= 0.6 is 0 Å². The molecule has 0 aliphatic carbocycles. The Kier molecular flexibility index (Phi) is 6.65. The zero-order valence-electron chi connectivity index (χ0n) is 18.1. The third kappa shape index (κ3) is 5.43. The Hall–Kier alpha value is -3.87. The Balaban J connectivity index is 1.46. The van der Waals surface area contributed by atoms with Gasteiger partial charge in [-0.25, -0.2) is 4.79 Å². The third-order valence-electron chi connectivity index (χ3n) is 5.24. The number of rotatable bonds is 8. The highest BCUT2D eigenvalue weighted by molar-refractivity contribution is 5.89. The maximum absolute atomic E-state index is 12.7. The van der Waals surface area contributed by atoms with Gasteiger partial charge in [0, 0.05) is 11.7 Å². The first-order valence-electron chi connectivity index (χ1n) is 10.4. The Morgan fingerprint density at radius 2 is 1.44 bits per heavy atom. The van der Waals surface area contributed by atoms with Gasteiger partial charge in [-0.2, -0.15) is 0 Å². The van der Waals surface area contributed by atoms with Gasteiger partial charge in [-0.05, 0) is 72.5 Å². The maximum Gasteiger partial charge on any atom is 0.319 e. The fraction of sp³-hybridized carbons (Fsp3) is 0.240. The van der Waals surface area contributed by atoms with Crippen LogP contribution in [0.2, 0.25) is 0 Å². The van der Waals surface area contributed by atoms with Crippen LogP contribution < -0.4 is 29.6 Å². The lowest BCUT2D eigenvalue weighted by Crippen LogP contribution is -2.40. The Bertz CT molecular complexity index is 1050. The fourth-order valence-corrected chi connectivity index (χ4v) is 3.60. The first-order chi connectivity index (χ1) is 15.6. The van der Waals surface area contributed by atoms with Gasteiger partial charge in [-0.15, -0.1) is 0 Å². The lowest BCUT2D eigenvalue weighted by molar-refractivity contribution is 0.174. The number of carbonyl (C=O) groups excluding carboxylic acids is 1. The van der Waals surface area contributed by atoms with Crippen LogP contribution in [0.15, 0.2) is 66.7 Å². The molecule has 7 nitrogen and oxygen atoms in total. The van der Waals surface area contributed by atoms with Crippen LogP contribution in [0.3, 0.4) is 0 Å². The molecule has 0 aromatic heterocycles. The quantitative estimate of drug-likeness (QED) is 0.549. The number of carbonyl (C=O) groups is 1. The van der Waals surface area contributed by atoms with E-state index in [0.29, 0.717) is 18.5 Å².